The molecule has 0 fully saturated rings. The van der Waals surface area contributed by atoms with E-state index in [1.165, 1.54) is 10.9 Å². The molecule has 82 valence electrons. The van der Waals surface area contributed by atoms with E-state index in [1.807, 2.05) is 0 Å². The molecule has 1 heterocycles. The zero-order valence-electron chi connectivity index (χ0n) is 7.83. The van der Waals surface area contributed by atoms with Crippen LogP contribution < -0.4 is 5.73 Å². The molecule has 0 aliphatic carbocycles. The van der Waals surface area contributed by atoms with Gasteiger partial charge in [0.25, 0.3) is 0 Å². The lowest BCUT2D eigenvalue weighted by molar-refractivity contribution is -0.139. The molecule has 0 radical (unpaired) electrons. The predicted octanol–water partition coefficient (Wildman–Crippen LogP) is -1.08. The number of nitrogens with two attached hydrogens (primary N) is 1. The van der Waals surface area contributed by atoms with Crippen LogP contribution in [0.15, 0.2) is 12.3 Å². The highest BCUT2D eigenvalue weighted by Gasteiger charge is 2.13. The lowest BCUT2D eigenvalue weighted by Crippen LogP contribution is -2.32. The van der Waals surface area contributed by atoms with Gasteiger partial charge in [0, 0.05) is 12.6 Å². The summed E-state index contributed by atoms with van der Waals surface area (Å²) in [5, 5.41) is 20.9. The summed E-state index contributed by atoms with van der Waals surface area (Å²) >= 11 is 0. The molecule has 0 aliphatic heterocycles. The zero-order chi connectivity index (χ0) is 11.4. The number of hydrogen-bond acceptors (Lipinski definition) is 4. The molecule has 0 spiro atoms. The molecule has 1 aromatic rings. The summed E-state index contributed by atoms with van der Waals surface area (Å²) in [4.78, 5) is 20.8. The average Bonchev–Trinajstić information content (AvgIpc) is 2.51. The maximum atomic E-state index is 10.4. The van der Waals surface area contributed by atoms with Gasteiger partial charge in [0.15, 0.2) is 0 Å². The Kier molecular flexibility index (Phi) is 3.40. The molecule has 1 atom stereocenters. The fraction of sp³-hybridized carbons (Fsp3) is 0.375. The molecule has 0 unspecified atom stereocenters. The van der Waals surface area contributed by atoms with Gasteiger partial charge in [0.1, 0.15) is 12.6 Å². The molecule has 15 heavy (non-hydrogen) atoms. The Morgan fingerprint density at radius 1 is 1.53 bits per heavy atom. The van der Waals surface area contributed by atoms with Crippen LogP contribution in [-0.2, 0) is 22.6 Å². The predicted molar refractivity (Wildman–Crippen MR) is 49.2 cm³/mol. The van der Waals surface area contributed by atoms with Crippen molar-refractivity contribution in [3.8, 4) is 0 Å². The van der Waals surface area contributed by atoms with Gasteiger partial charge in [-0.1, -0.05) is 0 Å². The Balaban J connectivity index is 2.60. The van der Waals surface area contributed by atoms with Gasteiger partial charge < -0.3 is 15.9 Å². The van der Waals surface area contributed by atoms with Crippen LogP contribution in [0.3, 0.4) is 0 Å². The number of carbonyl (C=O) groups is 2. The first-order valence-corrected chi connectivity index (χ1v) is 4.21. The Morgan fingerprint density at radius 3 is 2.73 bits per heavy atom. The highest BCUT2D eigenvalue weighted by atomic mass is 16.4. The second kappa shape index (κ2) is 4.56. The maximum Gasteiger partial charge on any atom is 0.325 e. The number of carboxylic acid groups (broad SMARTS) is 2. The highest BCUT2D eigenvalue weighted by Crippen LogP contribution is 1.99. The number of hydrogen-bond donors (Lipinski definition) is 3. The molecule has 0 bridgehead atoms. The molecule has 1 aromatic heterocycles. The molecular formula is C8H11N3O4. The number of rotatable bonds is 5. The second-order valence-electron chi connectivity index (χ2n) is 3.05. The minimum absolute atomic E-state index is 0.0853. The Bertz CT molecular complexity index is 374. The number of carboxylic acids is 2. The van der Waals surface area contributed by atoms with Gasteiger partial charge in [-0.25, -0.2) is 0 Å². The standard InChI is InChI=1S/C8H11N3O4/c9-6(8(14)15)3-5-1-2-11(10-5)4-7(12)13/h1-2,6H,3-4,9H2,(H,12,13)(H,14,15)/t6-/m0/s1. The Hall–Kier alpha value is -1.89. The molecule has 0 aromatic carbocycles. The van der Waals surface area contributed by atoms with Crippen molar-refractivity contribution in [2.24, 2.45) is 5.73 Å². The van der Waals surface area contributed by atoms with E-state index in [9.17, 15) is 9.59 Å². The molecule has 0 amide bonds. The Labute approximate surface area is 85.1 Å². The third-order valence-electron chi connectivity index (χ3n) is 1.74. The van der Waals surface area contributed by atoms with Gasteiger partial charge in [0.05, 0.1) is 5.69 Å². The molecule has 0 saturated carbocycles. The first-order chi connectivity index (χ1) is 6.99. The number of aliphatic carboxylic acids is 2. The minimum Gasteiger partial charge on any atom is -0.480 e. The molecule has 0 aliphatic rings. The summed E-state index contributed by atoms with van der Waals surface area (Å²) in [6, 6.07) is 0.532. The van der Waals surface area contributed by atoms with Crippen LogP contribution in [0.4, 0.5) is 0 Å². The normalized spacial score (nSPS) is 12.3. The topological polar surface area (TPSA) is 118 Å². The van der Waals surface area contributed by atoms with E-state index >= 15 is 0 Å². The van der Waals surface area contributed by atoms with Crippen LogP contribution in [-0.4, -0.2) is 38.0 Å². The van der Waals surface area contributed by atoms with Crippen molar-refractivity contribution in [3.63, 3.8) is 0 Å². The fourth-order valence-corrected chi connectivity index (χ4v) is 1.05. The van der Waals surface area contributed by atoms with E-state index in [-0.39, 0.29) is 13.0 Å². The molecule has 7 heteroatoms. The van der Waals surface area contributed by atoms with E-state index in [4.69, 9.17) is 15.9 Å². The van der Waals surface area contributed by atoms with E-state index in [0.29, 0.717) is 5.69 Å². The van der Waals surface area contributed by atoms with Crippen molar-refractivity contribution in [2.75, 3.05) is 0 Å². The average molecular weight is 213 g/mol. The quantitative estimate of drug-likeness (QED) is 0.572. The van der Waals surface area contributed by atoms with E-state index < -0.39 is 18.0 Å². The van der Waals surface area contributed by atoms with Gasteiger partial charge in [-0.05, 0) is 6.07 Å². The van der Waals surface area contributed by atoms with E-state index in [2.05, 4.69) is 5.10 Å². The lowest BCUT2D eigenvalue weighted by Gasteiger charge is -2.02. The van der Waals surface area contributed by atoms with Crippen molar-refractivity contribution in [3.05, 3.63) is 18.0 Å². The van der Waals surface area contributed by atoms with Crippen molar-refractivity contribution in [1.29, 1.82) is 0 Å². The van der Waals surface area contributed by atoms with Crippen molar-refractivity contribution >= 4 is 11.9 Å². The minimum atomic E-state index is -1.11. The summed E-state index contributed by atoms with van der Waals surface area (Å²) in [6.45, 7) is -0.248. The van der Waals surface area contributed by atoms with Crippen LogP contribution in [0.5, 0.6) is 0 Å². The summed E-state index contributed by atoms with van der Waals surface area (Å²) in [6.07, 6.45) is 1.56. The fourth-order valence-electron chi connectivity index (χ4n) is 1.05. The maximum absolute atomic E-state index is 10.4. The number of aromatic nitrogens is 2. The van der Waals surface area contributed by atoms with E-state index in [1.54, 1.807) is 6.07 Å². The Morgan fingerprint density at radius 2 is 2.20 bits per heavy atom. The van der Waals surface area contributed by atoms with Crippen LogP contribution in [0.25, 0.3) is 0 Å². The summed E-state index contributed by atoms with van der Waals surface area (Å²) in [7, 11) is 0. The molecular weight excluding hydrogens is 202 g/mol. The molecule has 1 rings (SSSR count). The lowest BCUT2D eigenvalue weighted by atomic mass is 10.2. The largest absolute Gasteiger partial charge is 0.480 e. The van der Waals surface area contributed by atoms with Crippen molar-refractivity contribution < 1.29 is 19.8 Å². The number of nitrogens with zero attached hydrogens (tertiary/aromatic N) is 2. The summed E-state index contributed by atoms with van der Waals surface area (Å²) in [5.74, 6) is -2.12. The van der Waals surface area contributed by atoms with Gasteiger partial charge in [-0.3, -0.25) is 14.3 Å². The van der Waals surface area contributed by atoms with Crippen molar-refractivity contribution in [2.45, 2.75) is 19.0 Å². The zero-order valence-corrected chi connectivity index (χ0v) is 7.83. The smallest absolute Gasteiger partial charge is 0.325 e. The van der Waals surface area contributed by atoms with Crippen molar-refractivity contribution in [1.82, 2.24) is 9.78 Å². The SMILES string of the molecule is N[C@@H](Cc1ccn(CC(=O)O)n1)C(=O)O. The highest BCUT2D eigenvalue weighted by molar-refractivity contribution is 5.73. The third-order valence-corrected chi connectivity index (χ3v) is 1.74. The van der Waals surface area contributed by atoms with Crippen LogP contribution in [0.1, 0.15) is 5.69 Å². The van der Waals surface area contributed by atoms with Gasteiger partial charge in [0.2, 0.25) is 0 Å². The monoisotopic (exact) mass is 213 g/mol. The van der Waals surface area contributed by atoms with Crippen LogP contribution in [0, 0.1) is 0 Å². The molecule has 4 N–H and O–H groups in total. The second-order valence-corrected chi connectivity index (χ2v) is 3.05. The van der Waals surface area contributed by atoms with Gasteiger partial charge >= 0.3 is 11.9 Å². The van der Waals surface area contributed by atoms with Crippen LogP contribution in [0.2, 0.25) is 0 Å². The summed E-state index contributed by atoms with van der Waals surface area (Å²) in [5.41, 5.74) is 5.76. The first-order valence-electron chi connectivity index (χ1n) is 4.21. The summed E-state index contributed by atoms with van der Waals surface area (Å²) < 4.78 is 1.21. The van der Waals surface area contributed by atoms with Gasteiger partial charge in [-0.2, -0.15) is 5.10 Å². The molecule has 0 saturated heterocycles. The first kappa shape index (κ1) is 11.2. The van der Waals surface area contributed by atoms with E-state index in [0.717, 1.165) is 0 Å². The van der Waals surface area contributed by atoms with Gasteiger partial charge in [-0.15, -0.1) is 0 Å². The van der Waals surface area contributed by atoms with Crippen LogP contribution >= 0.6 is 0 Å². The third kappa shape index (κ3) is 3.39. The molecule has 7 nitrogen and oxygen atoms in total.